The normalized spacial score (nSPS) is 24.7. The average molecular weight is 290 g/mol. The van der Waals surface area contributed by atoms with Gasteiger partial charge >= 0.3 is 0 Å². The van der Waals surface area contributed by atoms with E-state index in [1.807, 2.05) is 0 Å². The van der Waals surface area contributed by atoms with Gasteiger partial charge in [0, 0.05) is 16.2 Å². The summed E-state index contributed by atoms with van der Waals surface area (Å²) in [7, 11) is -1.87. The van der Waals surface area contributed by atoms with Crippen LogP contribution in [0.4, 0.5) is 17.6 Å². The molecule has 0 fully saturated rings. The standard InChI is InChI=1S/C13H10F4OS/c1-13(17)5-4-9(7-12(13)16)19(18)8-2-3-10(14)11(15)6-8/h2-4,6-7H,5H2,1H3/t13?,19-/m1/s1. The third kappa shape index (κ3) is 2.78. The maximum absolute atomic E-state index is 13.5. The first-order valence-corrected chi connectivity index (χ1v) is 6.60. The van der Waals surface area contributed by atoms with Gasteiger partial charge in [-0.3, -0.25) is 0 Å². The molecule has 0 saturated heterocycles. The topological polar surface area (TPSA) is 17.1 Å². The molecule has 0 bridgehead atoms. The first-order valence-electron chi connectivity index (χ1n) is 5.45. The Labute approximate surface area is 110 Å². The molecule has 2 atom stereocenters. The molecule has 1 aliphatic rings. The summed E-state index contributed by atoms with van der Waals surface area (Å²) in [4.78, 5) is 0.0373. The van der Waals surface area contributed by atoms with E-state index in [0.717, 1.165) is 31.2 Å². The Kier molecular flexibility index (Phi) is 3.62. The fourth-order valence-electron chi connectivity index (χ4n) is 1.58. The van der Waals surface area contributed by atoms with Gasteiger partial charge in [0.2, 0.25) is 0 Å². The van der Waals surface area contributed by atoms with Gasteiger partial charge in [0.05, 0.1) is 10.8 Å². The summed E-state index contributed by atoms with van der Waals surface area (Å²) in [6.45, 7) is 1.08. The van der Waals surface area contributed by atoms with E-state index in [9.17, 15) is 21.8 Å². The maximum Gasteiger partial charge on any atom is 0.162 e. The van der Waals surface area contributed by atoms with Gasteiger partial charge in [-0.15, -0.1) is 0 Å². The molecule has 0 saturated carbocycles. The summed E-state index contributed by atoms with van der Waals surface area (Å²) >= 11 is 0. The predicted octanol–water partition coefficient (Wildman–Crippen LogP) is 3.94. The van der Waals surface area contributed by atoms with Crippen LogP contribution in [0.15, 0.2) is 46.0 Å². The molecule has 0 radical (unpaired) electrons. The van der Waals surface area contributed by atoms with Gasteiger partial charge in [-0.05, 0) is 31.2 Å². The minimum Gasteiger partial charge on any atom is -0.249 e. The van der Waals surface area contributed by atoms with Gasteiger partial charge in [-0.25, -0.2) is 21.8 Å². The molecule has 1 nitrogen and oxygen atoms in total. The Hall–Kier alpha value is -1.43. The zero-order chi connectivity index (χ0) is 14.2. The van der Waals surface area contributed by atoms with Crippen LogP contribution in [0.3, 0.4) is 0 Å². The van der Waals surface area contributed by atoms with E-state index in [4.69, 9.17) is 0 Å². The molecule has 1 aliphatic carbocycles. The second-order valence-electron chi connectivity index (χ2n) is 4.34. The van der Waals surface area contributed by atoms with Crippen molar-refractivity contribution >= 4 is 10.8 Å². The summed E-state index contributed by atoms with van der Waals surface area (Å²) < 4.78 is 64.8. The molecule has 0 aromatic heterocycles. The van der Waals surface area contributed by atoms with Crippen molar-refractivity contribution in [3.05, 3.63) is 52.7 Å². The van der Waals surface area contributed by atoms with Crippen LogP contribution >= 0.6 is 0 Å². The Balaban J connectivity index is 2.31. The molecular weight excluding hydrogens is 280 g/mol. The molecule has 0 heterocycles. The average Bonchev–Trinajstić information content (AvgIpc) is 2.35. The molecule has 6 heteroatoms. The van der Waals surface area contributed by atoms with Crippen LogP contribution in [0.25, 0.3) is 0 Å². The van der Waals surface area contributed by atoms with E-state index < -0.39 is 33.9 Å². The van der Waals surface area contributed by atoms with E-state index in [-0.39, 0.29) is 16.2 Å². The molecule has 0 spiro atoms. The molecular formula is C13H10F4OS. The molecule has 1 aromatic carbocycles. The van der Waals surface area contributed by atoms with Gasteiger partial charge in [-0.2, -0.15) is 0 Å². The molecule has 19 heavy (non-hydrogen) atoms. The molecule has 1 aromatic rings. The van der Waals surface area contributed by atoms with E-state index >= 15 is 0 Å². The monoisotopic (exact) mass is 290 g/mol. The Morgan fingerprint density at radius 3 is 2.47 bits per heavy atom. The van der Waals surface area contributed by atoms with E-state index in [1.165, 1.54) is 6.08 Å². The SMILES string of the molecule is CC1(F)CC=C([S@](=O)c2ccc(F)c(F)c2)C=C1F. The first kappa shape index (κ1) is 14.0. The lowest BCUT2D eigenvalue weighted by molar-refractivity contribution is 0.199. The molecule has 0 amide bonds. The Morgan fingerprint density at radius 1 is 1.21 bits per heavy atom. The summed E-state index contributed by atoms with van der Waals surface area (Å²) in [5, 5.41) is 0. The second kappa shape index (κ2) is 4.92. The van der Waals surface area contributed by atoms with Crippen molar-refractivity contribution in [3.63, 3.8) is 0 Å². The van der Waals surface area contributed by atoms with Crippen LogP contribution in [0.5, 0.6) is 0 Å². The number of hydrogen-bond acceptors (Lipinski definition) is 1. The third-order valence-corrected chi connectivity index (χ3v) is 4.17. The van der Waals surface area contributed by atoms with Crippen molar-refractivity contribution in [2.45, 2.75) is 23.9 Å². The Morgan fingerprint density at radius 2 is 1.89 bits per heavy atom. The molecule has 2 rings (SSSR count). The summed E-state index contributed by atoms with van der Waals surface area (Å²) in [6.07, 6.45) is 1.88. The van der Waals surface area contributed by atoms with Crippen LogP contribution in [-0.4, -0.2) is 9.88 Å². The molecule has 102 valence electrons. The quantitative estimate of drug-likeness (QED) is 0.754. The predicted molar refractivity (Wildman–Crippen MR) is 64.2 cm³/mol. The maximum atomic E-state index is 13.5. The lowest BCUT2D eigenvalue weighted by Gasteiger charge is -2.21. The Bertz CT molecular complexity index is 605. The minimum absolute atomic E-state index is 0.00309. The van der Waals surface area contributed by atoms with Crippen LogP contribution in [0, 0.1) is 11.6 Å². The fraction of sp³-hybridized carbons (Fsp3) is 0.231. The summed E-state index contributed by atoms with van der Waals surface area (Å²) in [5.74, 6) is -3.22. The number of benzene rings is 1. The highest BCUT2D eigenvalue weighted by Crippen LogP contribution is 2.34. The summed E-state index contributed by atoms with van der Waals surface area (Å²) in [5.41, 5.74) is -2.11. The van der Waals surface area contributed by atoms with Crippen LogP contribution < -0.4 is 0 Å². The number of halogens is 4. The number of allylic oxidation sites excluding steroid dienone is 3. The van der Waals surface area contributed by atoms with Crippen molar-refractivity contribution < 1.29 is 21.8 Å². The number of alkyl halides is 1. The van der Waals surface area contributed by atoms with Crippen molar-refractivity contribution in [2.75, 3.05) is 0 Å². The van der Waals surface area contributed by atoms with E-state index in [1.54, 1.807) is 0 Å². The van der Waals surface area contributed by atoms with Crippen LogP contribution in [0.1, 0.15) is 13.3 Å². The largest absolute Gasteiger partial charge is 0.249 e. The molecule has 0 aliphatic heterocycles. The smallest absolute Gasteiger partial charge is 0.162 e. The number of rotatable bonds is 2. The van der Waals surface area contributed by atoms with Gasteiger partial charge < -0.3 is 0 Å². The summed E-state index contributed by atoms with van der Waals surface area (Å²) in [6, 6.07) is 2.76. The van der Waals surface area contributed by atoms with Crippen molar-refractivity contribution in [1.82, 2.24) is 0 Å². The molecule has 0 N–H and O–H groups in total. The van der Waals surface area contributed by atoms with Crippen molar-refractivity contribution in [1.29, 1.82) is 0 Å². The van der Waals surface area contributed by atoms with Gasteiger partial charge in [-0.1, -0.05) is 6.08 Å². The van der Waals surface area contributed by atoms with Gasteiger partial charge in [0.15, 0.2) is 17.3 Å². The second-order valence-corrected chi connectivity index (χ2v) is 5.83. The fourth-order valence-corrected chi connectivity index (χ4v) is 2.70. The lowest BCUT2D eigenvalue weighted by atomic mass is 9.98. The van der Waals surface area contributed by atoms with Gasteiger partial charge in [0.1, 0.15) is 5.83 Å². The highest BCUT2D eigenvalue weighted by Gasteiger charge is 2.32. The van der Waals surface area contributed by atoms with Crippen LogP contribution in [-0.2, 0) is 10.8 Å². The van der Waals surface area contributed by atoms with E-state index in [0.29, 0.717) is 0 Å². The highest BCUT2D eigenvalue weighted by molar-refractivity contribution is 7.89. The highest BCUT2D eigenvalue weighted by atomic mass is 32.2. The van der Waals surface area contributed by atoms with E-state index in [2.05, 4.69) is 0 Å². The number of hydrogen-bond donors (Lipinski definition) is 0. The van der Waals surface area contributed by atoms with Gasteiger partial charge in [0.25, 0.3) is 0 Å². The zero-order valence-electron chi connectivity index (χ0n) is 9.92. The van der Waals surface area contributed by atoms with Crippen molar-refractivity contribution in [2.24, 2.45) is 0 Å². The first-order chi connectivity index (χ1) is 8.81. The minimum atomic E-state index is -2.11. The van der Waals surface area contributed by atoms with Crippen molar-refractivity contribution in [3.8, 4) is 0 Å². The lowest BCUT2D eigenvalue weighted by Crippen LogP contribution is -2.21. The van der Waals surface area contributed by atoms with Crippen LogP contribution in [0.2, 0.25) is 0 Å². The molecule has 1 unspecified atom stereocenters. The third-order valence-electron chi connectivity index (χ3n) is 2.77. The zero-order valence-corrected chi connectivity index (χ0v) is 10.7.